The van der Waals surface area contributed by atoms with Gasteiger partial charge < -0.3 is 15.7 Å². The van der Waals surface area contributed by atoms with E-state index in [0.717, 1.165) is 37.0 Å². The molecule has 2 aliphatic rings. The van der Waals surface area contributed by atoms with Gasteiger partial charge in [-0.3, -0.25) is 14.6 Å². The van der Waals surface area contributed by atoms with Gasteiger partial charge in [-0.1, -0.05) is 54.9 Å². The van der Waals surface area contributed by atoms with Gasteiger partial charge in [-0.15, -0.1) is 0 Å². The van der Waals surface area contributed by atoms with Crippen LogP contribution < -0.4 is 10.6 Å². The lowest BCUT2D eigenvalue weighted by Crippen LogP contribution is -2.54. The molecule has 1 saturated carbocycles. The number of nitrogens with one attached hydrogen (secondary N) is 2. The zero-order chi connectivity index (χ0) is 17.7. The smallest absolute Gasteiger partial charge is 0.250 e. The van der Waals surface area contributed by atoms with Crippen molar-refractivity contribution in [2.24, 2.45) is 4.99 Å². The number of thioether (sulfide) groups is 1. The van der Waals surface area contributed by atoms with Gasteiger partial charge in [0.25, 0.3) is 5.91 Å². The van der Waals surface area contributed by atoms with Gasteiger partial charge in [-0.25, -0.2) is 0 Å². The first kappa shape index (κ1) is 17.9. The van der Waals surface area contributed by atoms with Crippen LogP contribution in [0, 0.1) is 0 Å². The van der Waals surface area contributed by atoms with Crippen molar-refractivity contribution in [1.29, 1.82) is 0 Å². The fraction of sp³-hybridized carbons (Fsp3) is 0.500. The van der Waals surface area contributed by atoms with E-state index >= 15 is 0 Å². The summed E-state index contributed by atoms with van der Waals surface area (Å²) < 4.78 is 0. The number of aliphatic hydroxyl groups is 1. The minimum atomic E-state index is -0.974. The quantitative estimate of drug-likeness (QED) is 0.735. The highest BCUT2D eigenvalue weighted by atomic mass is 32.2. The van der Waals surface area contributed by atoms with Crippen LogP contribution in [0.4, 0.5) is 0 Å². The highest BCUT2D eigenvalue weighted by Gasteiger charge is 2.43. The first-order valence-electron chi connectivity index (χ1n) is 8.61. The summed E-state index contributed by atoms with van der Waals surface area (Å²) in [5, 5.41) is 15.6. The molecular weight excluding hydrogens is 338 g/mol. The Kier molecular flexibility index (Phi) is 5.75. The Bertz CT molecular complexity index is 657. The summed E-state index contributed by atoms with van der Waals surface area (Å²) in [6.45, 7) is 0.230. The van der Waals surface area contributed by atoms with Gasteiger partial charge in [0, 0.05) is 5.75 Å². The minimum Gasteiger partial charge on any atom is -0.394 e. The molecule has 0 radical (unpaired) electrons. The lowest BCUT2D eigenvalue weighted by Gasteiger charge is -2.30. The lowest BCUT2D eigenvalue weighted by molar-refractivity contribution is -0.132. The monoisotopic (exact) mass is 361 g/mol. The van der Waals surface area contributed by atoms with Crippen LogP contribution in [0.15, 0.2) is 35.3 Å². The van der Waals surface area contributed by atoms with E-state index < -0.39 is 24.0 Å². The van der Waals surface area contributed by atoms with Crippen LogP contribution in [0.25, 0.3) is 0 Å². The van der Waals surface area contributed by atoms with E-state index in [-0.39, 0.29) is 5.91 Å². The van der Waals surface area contributed by atoms with Crippen LogP contribution in [0.2, 0.25) is 0 Å². The molecule has 1 atom stereocenters. The normalized spacial score (nSPS) is 20.0. The van der Waals surface area contributed by atoms with E-state index in [4.69, 9.17) is 0 Å². The molecule has 0 bridgehead atoms. The molecule has 3 rings (SSSR count). The SMILES string of the molecule is O=C(NC1=NCCS1)C(CO)NC(=O)C1(c2ccccc2)CCCC1. The molecule has 1 aliphatic heterocycles. The molecule has 1 aromatic rings. The summed E-state index contributed by atoms with van der Waals surface area (Å²) in [6.07, 6.45) is 3.47. The van der Waals surface area contributed by atoms with Crippen LogP contribution >= 0.6 is 11.8 Å². The van der Waals surface area contributed by atoms with Crippen LogP contribution in [0.3, 0.4) is 0 Å². The van der Waals surface area contributed by atoms with Crippen molar-refractivity contribution < 1.29 is 14.7 Å². The first-order valence-corrected chi connectivity index (χ1v) is 9.60. The van der Waals surface area contributed by atoms with Crippen LogP contribution in [0.5, 0.6) is 0 Å². The van der Waals surface area contributed by atoms with Crippen LogP contribution in [-0.4, -0.2) is 47.0 Å². The molecule has 25 heavy (non-hydrogen) atoms. The van der Waals surface area contributed by atoms with Gasteiger partial charge in [-0.2, -0.15) is 0 Å². The molecule has 1 fully saturated rings. The van der Waals surface area contributed by atoms with E-state index in [1.165, 1.54) is 11.8 Å². The zero-order valence-corrected chi connectivity index (χ0v) is 14.8. The number of nitrogens with zero attached hydrogens (tertiary/aromatic N) is 1. The second-order valence-corrected chi connectivity index (χ2v) is 7.47. The Labute approximate surface area is 151 Å². The second-order valence-electron chi connectivity index (χ2n) is 6.39. The van der Waals surface area contributed by atoms with Crippen molar-refractivity contribution in [2.75, 3.05) is 18.9 Å². The van der Waals surface area contributed by atoms with Gasteiger partial charge >= 0.3 is 0 Å². The highest BCUT2D eigenvalue weighted by molar-refractivity contribution is 8.14. The standard InChI is InChI=1S/C18H23N3O3S/c22-12-14(15(23)21-17-19-10-11-25-17)20-16(24)18(8-4-5-9-18)13-6-2-1-3-7-13/h1-3,6-7,14,22H,4-5,8-12H2,(H,20,24)(H,19,21,23). The van der Waals surface area contributed by atoms with Crippen LogP contribution in [0.1, 0.15) is 31.2 Å². The third kappa shape index (κ3) is 3.88. The number of hydrogen-bond donors (Lipinski definition) is 3. The first-order chi connectivity index (χ1) is 12.2. The van der Waals surface area contributed by atoms with Gasteiger partial charge in [-0.05, 0) is 18.4 Å². The Morgan fingerprint density at radius 1 is 1.24 bits per heavy atom. The zero-order valence-electron chi connectivity index (χ0n) is 14.0. The molecule has 134 valence electrons. The predicted octanol–water partition coefficient (Wildman–Crippen LogP) is 1.19. The largest absolute Gasteiger partial charge is 0.394 e. The number of amides is 2. The van der Waals surface area contributed by atoms with Crippen molar-refractivity contribution in [3.63, 3.8) is 0 Å². The predicted molar refractivity (Wildman–Crippen MR) is 98.5 cm³/mol. The van der Waals surface area contributed by atoms with Crippen LogP contribution in [-0.2, 0) is 15.0 Å². The van der Waals surface area contributed by atoms with Gasteiger partial charge in [0.05, 0.1) is 18.6 Å². The van der Waals surface area contributed by atoms with Crippen molar-refractivity contribution >= 4 is 28.7 Å². The Balaban J connectivity index is 1.72. The fourth-order valence-electron chi connectivity index (χ4n) is 3.48. The molecule has 1 aliphatic carbocycles. The Morgan fingerprint density at radius 3 is 2.56 bits per heavy atom. The molecule has 3 N–H and O–H groups in total. The Hall–Kier alpha value is -1.86. The maximum Gasteiger partial charge on any atom is 0.250 e. The van der Waals surface area contributed by atoms with E-state index in [1.807, 2.05) is 30.3 Å². The number of aliphatic hydroxyl groups excluding tert-OH is 1. The van der Waals surface area contributed by atoms with Crippen molar-refractivity contribution in [3.8, 4) is 0 Å². The molecule has 0 spiro atoms. The average Bonchev–Trinajstić information content (AvgIpc) is 3.32. The number of hydrogen-bond acceptors (Lipinski definition) is 5. The molecule has 1 heterocycles. The molecular formula is C18H23N3O3S. The van der Waals surface area contributed by atoms with E-state index in [9.17, 15) is 14.7 Å². The fourth-order valence-corrected chi connectivity index (χ4v) is 4.21. The molecule has 1 aromatic carbocycles. The second kappa shape index (κ2) is 8.01. The number of rotatable bonds is 5. The molecule has 6 nitrogen and oxygen atoms in total. The minimum absolute atomic E-state index is 0.189. The van der Waals surface area contributed by atoms with E-state index in [1.54, 1.807) is 0 Å². The van der Waals surface area contributed by atoms with Gasteiger partial charge in [0.1, 0.15) is 6.04 Å². The summed E-state index contributed by atoms with van der Waals surface area (Å²) in [5.74, 6) is 0.222. The molecule has 1 unspecified atom stereocenters. The molecule has 2 amide bonds. The van der Waals surface area contributed by atoms with Gasteiger partial charge in [0.2, 0.25) is 5.91 Å². The topological polar surface area (TPSA) is 90.8 Å². The molecule has 0 aromatic heterocycles. The number of carbonyl (C=O) groups is 2. The summed E-state index contributed by atoms with van der Waals surface area (Å²) in [5.41, 5.74) is 0.354. The average molecular weight is 361 g/mol. The summed E-state index contributed by atoms with van der Waals surface area (Å²) in [7, 11) is 0. The third-order valence-electron chi connectivity index (χ3n) is 4.84. The van der Waals surface area contributed by atoms with E-state index in [2.05, 4.69) is 15.6 Å². The maximum atomic E-state index is 13.0. The lowest BCUT2D eigenvalue weighted by atomic mass is 9.78. The number of benzene rings is 1. The number of aliphatic imine (C=N–C) groups is 1. The third-order valence-corrected chi connectivity index (χ3v) is 5.73. The summed E-state index contributed by atoms with van der Waals surface area (Å²) in [6, 6.07) is 8.72. The highest BCUT2D eigenvalue weighted by Crippen LogP contribution is 2.41. The maximum absolute atomic E-state index is 13.0. The van der Waals surface area contributed by atoms with Crippen molar-refractivity contribution in [3.05, 3.63) is 35.9 Å². The van der Waals surface area contributed by atoms with Crippen molar-refractivity contribution in [2.45, 2.75) is 37.1 Å². The number of amidine groups is 1. The Morgan fingerprint density at radius 2 is 1.96 bits per heavy atom. The van der Waals surface area contributed by atoms with E-state index in [0.29, 0.717) is 11.7 Å². The number of carbonyl (C=O) groups excluding carboxylic acids is 2. The molecule has 7 heteroatoms. The van der Waals surface area contributed by atoms with Gasteiger partial charge in [0.15, 0.2) is 5.17 Å². The summed E-state index contributed by atoms with van der Waals surface area (Å²) in [4.78, 5) is 29.5. The van der Waals surface area contributed by atoms with Crippen molar-refractivity contribution in [1.82, 2.24) is 10.6 Å². The molecule has 0 saturated heterocycles. The summed E-state index contributed by atoms with van der Waals surface area (Å²) >= 11 is 1.46.